The van der Waals surface area contributed by atoms with E-state index in [0.717, 1.165) is 50.4 Å². The fraction of sp³-hybridized carbons (Fsp3) is 0.533. The molecule has 1 saturated carbocycles. The van der Waals surface area contributed by atoms with Crippen molar-refractivity contribution in [1.29, 1.82) is 0 Å². The second-order valence-electron chi connectivity index (χ2n) is 6.28. The maximum atomic E-state index is 12.4. The minimum absolute atomic E-state index is 0.0156. The number of halogens is 1. The van der Waals surface area contributed by atoms with Crippen molar-refractivity contribution in [3.8, 4) is 0 Å². The number of rotatable bonds is 4. The molecule has 0 radical (unpaired) electrons. The SMILES string of the molecule is O=C(Nc1n[nH]c(C2CC2)n1)C1CCN(c2ccc(Cl)nn2)CC1. The van der Waals surface area contributed by atoms with Crippen LogP contribution in [0, 0.1) is 5.92 Å². The number of nitrogens with zero attached hydrogens (tertiary/aromatic N) is 5. The van der Waals surface area contributed by atoms with Gasteiger partial charge in [0.25, 0.3) is 0 Å². The number of carbonyl (C=O) groups is 1. The highest BCUT2D eigenvalue weighted by molar-refractivity contribution is 6.29. The molecule has 1 saturated heterocycles. The van der Waals surface area contributed by atoms with Gasteiger partial charge >= 0.3 is 0 Å². The largest absolute Gasteiger partial charge is 0.355 e. The number of hydrogen-bond donors (Lipinski definition) is 2. The quantitative estimate of drug-likeness (QED) is 0.877. The Morgan fingerprint density at radius 1 is 1.21 bits per heavy atom. The summed E-state index contributed by atoms with van der Waals surface area (Å²) < 4.78 is 0. The molecule has 0 spiro atoms. The topological polar surface area (TPSA) is 99.7 Å². The summed E-state index contributed by atoms with van der Waals surface area (Å²) in [6.45, 7) is 1.52. The standard InChI is InChI=1S/C15H18ClN7O/c16-11-3-4-12(20-19-11)23-7-5-10(6-8-23)14(24)18-15-17-13(21-22-15)9-1-2-9/h3-4,9-10H,1-2,5-8H2,(H2,17,18,21,22,24). The van der Waals surface area contributed by atoms with E-state index in [1.165, 1.54) is 0 Å². The third kappa shape index (κ3) is 3.33. The van der Waals surface area contributed by atoms with Crippen molar-refractivity contribution in [3.05, 3.63) is 23.1 Å². The fourth-order valence-electron chi connectivity index (χ4n) is 2.93. The van der Waals surface area contributed by atoms with Gasteiger partial charge in [-0.2, -0.15) is 4.98 Å². The Morgan fingerprint density at radius 2 is 2.00 bits per heavy atom. The zero-order valence-corrected chi connectivity index (χ0v) is 13.8. The maximum Gasteiger partial charge on any atom is 0.248 e. The average Bonchev–Trinajstić information content (AvgIpc) is 3.36. The number of nitrogens with one attached hydrogen (secondary N) is 2. The van der Waals surface area contributed by atoms with Gasteiger partial charge < -0.3 is 4.90 Å². The molecule has 4 rings (SSSR count). The lowest BCUT2D eigenvalue weighted by molar-refractivity contribution is -0.120. The number of anilines is 2. The summed E-state index contributed by atoms with van der Waals surface area (Å²) in [4.78, 5) is 18.8. The summed E-state index contributed by atoms with van der Waals surface area (Å²) in [7, 11) is 0. The lowest BCUT2D eigenvalue weighted by Gasteiger charge is -2.31. The number of hydrogen-bond acceptors (Lipinski definition) is 6. The molecule has 0 atom stereocenters. The van der Waals surface area contributed by atoms with E-state index >= 15 is 0 Å². The molecule has 126 valence electrons. The van der Waals surface area contributed by atoms with Crippen LogP contribution in [0.2, 0.25) is 5.15 Å². The first-order valence-corrected chi connectivity index (χ1v) is 8.54. The molecule has 2 aliphatic rings. The van der Waals surface area contributed by atoms with Crippen molar-refractivity contribution in [1.82, 2.24) is 25.4 Å². The summed E-state index contributed by atoms with van der Waals surface area (Å²) in [6, 6.07) is 3.58. The minimum Gasteiger partial charge on any atom is -0.355 e. The molecular weight excluding hydrogens is 330 g/mol. The van der Waals surface area contributed by atoms with E-state index in [-0.39, 0.29) is 11.8 Å². The fourth-order valence-corrected chi connectivity index (χ4v) is 3.03. The monoisotopic (exact) mass is 347 g/mol. The first-order chi connectivity index (χ1) is 11.7. The summed E-state index contributed by atoms with van der Waals surface area (Å²) in [5.41, 5.74) is 0. The maximum absolute atomic E-state index is 12.4. The van der Waals surface area contributed by atoms with Gasteiger partial charge in [0.1, 0.15) is 5.82 Å². The smallest absolute Gasteiger partial charge is 0.248 e. The Bertz CT molecular complexity index is 720. The van der Waals surface area contributed by atoms with Gasteiger partial charge in [0.2, 0.25) is 11.9 Å². The van der Waals surface area contributed by atoms with Crippen LogP contribution >= 0.6 is 11.6 Å². The molecule has 24 heavy (non-hydrogen) atoms. The van der Waals surface area contributed by atoms with Crippen LogP contribution in [-0.4, -0.2) is 44.4 Å². The highest BCUT2D eigenvalue weighted by atomic mass is 35.5. The second-order valence-corrected chi connectivity index (χ2v) is 6.67. The van der Waals surface area contributed by atoms with E-state index in [9.17, 15) is 4.79 Å². The molecule has 2 fully saturated rings. The molecule has 0 unspecified atom stereocenters. The van der Waals surface area contributed by atoms with Gasteiger partial charge in [-0.1, -0.05) is 11.6 Å². The van der Waals surface area contributed by atoms with Crippen LogP contribution in [0.25, 0.3) is 0 Å². The van der Waals surface area contributed by atoms with E-state index in [4.69, 9.17) is 11.6 Å². The third-order valence-electron chi connectivity index (χ3n) is 4.51. The Balaban J connectivity index is 1.31. The van der Waals surface area contributed by atoms with E-state index < -0.39 is 0 Å². The Kier molecular flexibility index (Phi) is 4.05. The first kappa shape index (κ1) is 15.3. The molecule has 2 N–H and O–H groups in total. The number of aromatic amines is 1. The van der Waals surface area contributed by atoms with Crippen molar-refractivity contribution in [2.45, 2.75) is 31.6 Å². The van der Waals surface area contributed by atoms with Crippen molar-refractivity contribution in [3.63, 3.8) is 0 Å². The summed E-state index contributed by atoms with van der Waals surface area (Å²) >= 11 is 5.76. The Hall–Kier alpha value is -2.22. The van der Waals surface area contributed by atoms with Crippen LogP contribution in [0.1, 0.15) is 37.4 Å². The van der Waals surface area contributed by atoms with E-state index in [1.807, 2.05) is 6.07 Å². The summed E-state index contributed by atoms with van der Waals surface area (Å²) in [5, 5.41) is 18.1. The number of H-pyrrole nitrogens is 1. The number of piperidine rings is 1. The number of amides is 1. The molecule has 0 bridgehead atoms. The van der Waals surface area contributed by atoms with Crippen LogP contribution in [0.15, 0.2) is 12.1 Å². The van der Waals surface area contributed by atoms with Gasteiger partial charge in [0, 0.05) is 24.9 Å². The molecule has 9 heteroatoms. The van der Waals surface area contributed by atoms with Gasteiger partial charge in [-0.3, -0.25) is 15.2 Å². The normalized spacial score (nSPS) is 18.6. The van der Waals surface area contributed by atoms with Crippen LogP contribution in [-0.2, 0) is 4.79 Å². The van der Waals surface area contributed by atoms with Crippen LogP contribution in [0.5, 0.6) is 0 Å². The highest BCUT2D eigenvalue weighted by Gasteiger charge is 2.29. The van der Waals surface area contributed by atoms with Crippen LogP contribution in [0.4, 0.5) is 11.8 Å². The van der Waals surface area contributed by atoms with Crippen molar-refractivity contribution >= 4 is 29.3 Å². The molecule has 0 aromatic carbocycles. The van der Waals surface area contributed by atoms with Gasteiger partial charge in [0.05, 0.1) is 0 Å². The average molecular weight is 348 g/mol. The van der Waals surface area contributed by atoms with E-state index in [0.29, 0.717) is 17.0 Å². The van der Waals surface area contributed by atoms with E-state index in [1.54, 1.807) is 6.07 Å². The lowest BCUT2D eigenvalue weighted by atomic mass is 9.96. The van der Waals surface area contributed by atoms with E-state index in [2.05, 4.69) is 35.6 Å². The van der Waals surface area contributed by atoms with Gasteiger partial charge in [-0.25, -0.2) is 0 Å². The third-order valence-corrected chi connectivity index (χ3v) is 4.71. The van der Waals surface area contributed by atoms with Gasteiger partial charge in [-0.05, 0) is 37.8 Å². The molecule has 2 aromatic rings. The van der Waals surface area contributed by atoms with Gasteiger partial charge in [0.15, 0.2) is 11.0 Å². The zero-order valence-electron chi connectivity index (χ0n) is 13.1. The van der Waals surface area contributed by atoms with Crippen LogP contribution in [0.3, 0.4) is 0 Å². The molecule has 8 nitrogen and oxygen atoms in total. The summed E-state index contributed by atoms with van der Waals surface area (Å²) in [6.07, 6.45) is 3.81. The minimum atomic E-state index is -0.0376. The molecular formula is C15H18ClN7O. The Morgan fingerprint density at radius 3 is 2.67 bits per heavy atom. The zero-order chi connectivity index (χ0) is 16.5. The van der Waals surface area contributed by atoms with Crippen molar-refractivity contribution < 1.29 is 4.79 Å². The molecule has 2 aromatic heterocycles. The predicted octanol–water partition coefficient (Wildman–Crippen LogP) is 1.98. The predicted molar refractivity (Wildman–Crippen MR) is 89.0 cm³/mol. The molecule has 3 heterocycles. The molecule has 1 amide bonds. The number of carbonyl (C=O) groups excluding carboxylic acids is 1. The molecule has 1 aliphatic carbocycles. The molecule has 1 aliphatic heterocycles. The van der Waals surface area contributed by atoms with Crippen LogP contribution < -0.4 is 10.2 Å². The van der Waals surface area contributed by atoms with Crippen molar-refractivity contribution in [2.75, 3.05) is 23.3 Å². The number of aromatic nitrogens is 5. The first-order valence-electron chi connectivity index (χ1n) is 8.16. The second kappa shape index (κ2) is 6.35. The summed E-state index contributed by atoms with van der Waals surface area (Å²) in [5.74, 6) is 2.49. The lowest BCUT2D eigenvalue weighted by Crippen LogP contribution is -2.38. The van der Waals surface area contributed by atoms with Gasteiger partial charge in [-0.15, -0.1) is 15.3 Å². The van der Waals surface area contributed by atoms with Crippen molar-refractivity contribution in [2.24, 2.45) is 5.92 Å². The highest BCUT2D eigenvalue weighted by Crippen LogP contribution is 2.38. The Labute approximate surface area is 144 Å².